The van der Waals surface area contributed by atoms with Gasteiger partial charge in [-0.2, -0.15) is 0 Å². The third-order valence-corrected chi connectivity index (χ3v) is 2.04. The molecule has 0 radical (unpaired) electrons. The predicted octanol–water partition coefficient (Wildman–Crippen LogP) is 1.94. The predicted molar refractivity (Wildman–Crippen MR) is 45.5 cm³/mol. The number of aldehydes is 1. The highest BCUT2D eigenvalue weighted by molar-refractivity contribution is 6.32. The molecule has 2 aromatic rings. The lowest BCUT2D eigenvalue weighted by molar-refractivity contribution is 0.111. The lowest BCUT2D eigenvalue weighted by Gasteiger charge is -1.93. The van der Waals surface area contributed by atoms with Crippen LogP contribution in [-0.4, -0.2) is 15.7 Å². The molecule has 13 heavy (non-hydrogen) atoms. The zero-order chi connectivity index (χ0) is 9.42. The van der Waals surface area contributed by atoms with Gasteiger partial charge in [0.05, 0.1) is 0 Å². The minimum absolute atomic E-state index is 0.118. The maximum atomic E-state index is 12.7. The molecule has 0 fully saturated rings. The van der Waals surface area contributed by atoms with Crippen LogP contribution in [0.3, 0.4) is 0 Å². The van der Waals surface area contributed by atoms with Crippen molar-refractivity contribution in [2.75, 3.05) is 0 Å². The maximum Gasteiger partial charge on any atom is 0.171 e. The molecule has 0 spiro atoms. The average molecular weight is 199 g/mol. The molecule has 2 rings (SSSR count). The van der Waals surface area contributed by atoms with E-state index in [2.05, 4.69) is 4.98 Å². The molecule has 0 aliphatic carbocycles. The Labute approximate surface area is 77.8 Å². The van der Waals surface area contributed by atoms with Crippen LogP contribution < -0.4 is 0 Å². The molecular weight excluding hydrogens is 195 g/mol. The minimum atomic E-state index is -0.427. The van der Waals surface area contributed by atoms with Gasteiger partial charge in [0.2, 0.25) is 0 Å². The van der Waals surface area contributed by atoms with Crippen LogP contribution >= 0.6 is 11.6 Å². The summed E-state index contributed by atoms with van der Waals surface area (Å²) in [7, 11) is 0. The van der Waals surface area contributed by atoms with Crippen molar-refractivity contribution < 1.29 is 9.18 Å². The van der Waals surface area contributed by atoms with Gasteiger partial charge in [0.1, 0.15) is 22.3 Å². The van der Waals surface area contributed by atoms with Gasteiger partial charge in [-0.15, -0.1) is 0 Å². The molecule has 2 aromatic heterocycles. The monoisotopic (exact) mass is 198 g/mol. The van der Waals surface area contributed by atoms with Crippen LogP contribution in [-0.2, 0) is 0 Å². The van der Waals surface area contributed by atoms with Gasteiger partial charge in [-0.1, -0.05) is 11.6 Å². The summed E-state index contributed by atoms with van der Waals surface area (Å²) in [5.74, 6) is -0.427. The van der Waals surface area contributed by atoms with E-state index in [0.717, 1.165) is 0 Å². The summed E-state index contributed by atoms with van der Waals surface area (Å²) in [5.41, 5.74) is 0.570. The smallest absolute Gasteiger partial charge is 0.171 e. The number of hydrogen-bond donors (Lipinski definition) is 0. The molecule has 0 saturated heterocycles. The van der Waals surface area contributed by atoms with Gasteiger partial charge in [-0.05, 0) is 12.1 Å². The maximum absolute atomic E-state index is 12.7. The Morgan fingerprint density at radius 1 is 1.54 bits per heavy atom. The van der Waals surface area contributed by atoms with Crippen LogP contribution in [0.1, 0.15) is 10.5 Å². The second-order valence-electron chi connectivity index (χ2n) is 2.48. The van der Waals surface area contributed by atoms with Crippen molar-refractivity contribution in [2.45, 2.75) is 0 Å². The molecule has 0 bridgehead atoms. The van der Waals surface area contributed by atoms with Gasteiger partial charge in [-0.3, -0.25) is 9.20 Å². The zero-order valence-corrected chi connectivity index (χ0v) is 7.12. The molecule has 0 amide bonds. The molecular formula is C8H4ClFN2O. The Morgan fingerprint density at radius 2 is 2.31 bits per heavy atom. The standard InChI is InChI=1S/C8H4ClFN2O/c9-8-6(4-13)11-7-2-1-5(10)3-12(7)8/h1-4H. The van der Waals surface area contributed by atoms with Gasteiger partial charge in [0, 0.05) is 6.20 Å². The Morgan fingerprint density at radius 3 is 3.00 bits per heavy atom. The number of imidazole rings is 1. The Bertz CT molecular complexity index is 480. The summed E-state index contributed by atoms with van der Waals surface area (Å²) in [6, 6.07) is 2.71. The third-order valence-electron chi connectivity index (χ3n) is 1.66. The highest BCUT2D eigenvalue weighted by atomic mass is 35.5. The van der Waals surface area contributed by atoms with Crippen LogP contribution in [0.25, 0.3) is 5.65 Å². The van der Waals surface area contributed by atoms with E-state index >= 15 is 0 Å². The fraction of sp³-hybridized carbons (Fsp3) is 0. The summed E-state index contributed by atoms with van der Waals surface area (Å²) in [5, 5.41) is 0.129. The number of aromatic nitrogens is 2. The van der Waals surface area contributed by atoms with Gasteiger partial charge in [0.25, 0.3) is 0 Å². The first kappa shape index (κ1) is 8.19. The van der Waals surface area contributed by atoms with Crippen molar-refractivity contribution in [3.05, 3.63) is 35.0 Å². The van der Waals surface area contributed by atoms with Crippen molar-refractivity contribution in [3.63, 3.8) is 0 Å². The van der Waals surface area contributed by atoms with Crippen molar-refractivity contribution in [2.24, 2.45) is 0 Å². The van der Waals surface area contributed by atoms with Gasteiger partial charge < -0.3 is 0 Å². The molecule has 0 aliphatic rings. The first-order valence-electron chi connectivity index (χ1n) is 3.50. The summed E-state index contributed by atoms with van der Waals surface area (Å²) in [6.07, 6.45) is 1.71. The number of halogens is 2. The van der Waals surface area contributed by atoms with E-state index in [4.69, 9.17) is 11.6 Å². The highest BCUT2D eigenvalue weighted by Gasteiger charge is 2.08. The molecule has 5 heteroatoms. The average Bonchev–Trinajstić information content (AvgIpc) is 2.44. The quantitative estimate of drug-likeness (QED) is 0.657. The van der Waals surface area contributed by atoms with Gasteiger partial charge in [0.15, 0.2) is 6.29 Å². The number of carbonyl (C=O) groups is 1. The third kappa shape index (κ3) is 1.19. The van der Waals surface area contributed by atoms with E-state index in [-0.39, 0.29) is 10.8 Å². The van der Waals surface area contributed by atoms with Crippen LogP contribution in [0.15, 0.2) is 18.3 Å². The van der Waals surface area contributed by atoms with E-state index in [1.807, 2.05) is 0 Å². The largest absolute Gasteiger partial charge is 0.296 e. The summed E-state index contributed by atoms with van der Waals surface area (Å²) >= 11 is 5.73. The van der Waals surface area contributed by atoms with Crippen molar-refractivity contribution in [1.82, 2.24) is 9.38 Å². The number of fused-ring (bicyclic) bond motifs is 1. The number of rotatable bonds is 1. The SMILES string of the molecule is O=Cc1nc2ccc(F)cn2c1Cl. The Balaban J connectivity index is 2.84. The van der Waals surface area contributed by atoms with Crippen LogP contribution in [0, 0.1) is 5.82 Å². The van der Waals surface area contributed by atoms with Crippen molar-refractivity contribution >= 4 is 23.5 Å². The first-order valence-corrected chi connectivity index (χ1v) is 3.88. The lowest BCUT2D eigenvalue weighted by atomic mass is 10.5. The molecule has 0 aromatic carbocycles. The van der Waals surface area contributed by atoms with Gasteiger partial charge >= 0.3 is 0 Å². The molecule has 66 valence electrons. The minimum Gasteiger partial charge on any atom is -0.296 e. The van der Waals surface area contributed by atoms with E-state index in [1.165, 1.54) is 22.7 Å². The molecule has 3 nitrogen and oxygen atoms in total. The summed E-state index contributed by atoms with van der Waals surface area (Å²) in [4.78, 5) is 14.3. The summed E-state index contributed by atoms with van der Waals surface area (Å²) < 4.78 is 14.1. The fourth-order valence-corrected chi connectivity index (χ4v) is 1.31. The Kier molecular flexibility index (Phi) is 1.77. The van der Waals surface area contributed by atoms with Crippen molar-refractivity contribution in [3.8, 4) is 0 Å². The molecule has 0 atom stereocenters. The van der Waals surface area contributed by atoms with E-state index in [0.29, 0.717) is 11.9 Å². The second-order valence-corrected chi connectivity index (χ2v) is 2.84. The Hall–Kier alpha value is -1.42. The van der Waals surface area contributed by atoms with Crippen molar-refractivity contribution in [1.29, 1.82) is 0 Å². The molecule has 2 heterocycles. The van der Waals surface area contributed by atoms with Crippen LogP contribution in [0.5, 0.6) is 0 Å². The number of pyridine rings is 1. The normalized spacial score (nSPS) is 10.6. The number of hydrogen-bond acceptors (Lipinski definition) is 2. The van der Waals surface area contributed by atoms with Crippen LogP contribution in [0.2, 0.25) is 5.15 Å². The number of nitrogens with zero attached hydrogens (tertiary/aromatic N) is 2. The number of carbonyl (C=O) groups excluding carboxylic acids is 1. The van der Waals surface area contributed by atoms with E-state index < -0.39 is 5.82 Å². The second kappa shape index (κ2) is 2.81. The van der Waals surface area contributed by atoms with Gasteiger partial charge in [-0.25, -0.2) is 9.37 Å². The fourth-order valence-electron chi connectivity index (χ4n) is 1.08. The van der Waals surface area contributed by atoms with E-state index in [9.17, 15) is 9.18 Å². The van der Waals surface area contributed by atoms with E-state index in [1.54, 1.807) is 0 Å². The molecule has 0 unspecified atom stereocenters. The van der Waals surface area contributed by atoms with Crippen LogP contribution in [0.4, 0.5) is 4.39 Å². The molecule has 0 N–H and O–H groups in total. The first-order chi connectivity index (χ1) is 6.22. The topological polar surface area (TPSA) is 34.4 Å². The highest BCUT2D eigenvalue weighted by Crippen LogP contribution is 2.16. The summed E-state index contributed by atoms with van der Waals surface area (Å²) in [6.45, 7) is 0. The lowest BCUT2D eigenvalue weighted by Crippen LogP contribution is -1.85. The molecule has 0 saturated carbocycles. The zero-order valence-electron chi connectivity index (χ0n) is 6.37. The molecule has 0 aliphatic heterocycles.